The van der Waals surface area contributed by atoms with Gasteiger partial charge in [0.1, 0.15) is 0 Å². The summed E-state index contributed by atoms with van der Waals surface area (Å²) >= 11 is 12.1. The zero-order chi connectivity index (χ0) is 25.3. The second-order valence-electron chi connectivity index (χ2n) is 9.73. The van der Waals surface area contributed by atoms with Crippen molar-refractivity contribution in [1.82, 2.24) is 0 Å². The number of benzene rings is 1. The van der Waals surface area contributed by atoms with Gasteiger partial charge in [-0.15, -0.1) is 23.5 Å². The van der Waals surface area contributed by atoms with E-state index in [1.807, 2.05) is 47.0 Å². The van der Waals surface area contributed by atoms with Gasteiger partial charge in [0.15, 0.2) is 0 Å². The molecule has 0 saturated carbocycles. The minimum absolute atomic E-state index is 1.26. The van der Waals surface area contributed by atoms with Crippen LogP contribution in [0.15, 0.2) is 51.0 Å². The average Bonchev–Trinajstić information content (AvgIpc) is 3.44. The van der Waals surface area contributed by atoms with Gasteiger partial charge in [-0.3, -0.25) is 0 Å². The van der Waals surface area contributed by atoms with Gasteiger partial charge >= 0.3 is 0 Å². The summed E-state index contributed by atoms with van der Waals surface area (Å²) in [5.41, 5.74) is 5.53. The van der Waals surface area contributed by atoms with Crippen molar-refractivity contribution in [3.8, 4) is 0 Å². The van der Waals surface area contributed by atoms with Crippen molar-refractivity contribution in [3.63, 3.8) is 0 Å². The first-order valence-corrected chi connectivity index (χ1v) is 18.7. The Labute approximate surface area is 245 Å². The highest BCUT2D eigenvalue weighted by molar-refractivity contribution is 8.36. The third-order valence-corrected chi connectivity index (χ3v) is 15.6. The number of rotatable bonds is 0. The molecule has 0 nitrogen and oxygen atoms in total. The van der Waals surface area contributed by atoms with Crippen LogP contribution in [0.25, 0.3) is 11.1 Å². The minimum atomic E-state index is 1.26. The SMILES string of the molecule is CC1=C2SCCCCCCCCCCCCSC3=C(C)S/C(=C(\C)c4ccc(cc4)/C(C)=C(/S1)S2)S3. The van der Waals surface area contributed by atoms with Crippen LogP contribution in [0.5, 0.6) is 0 Å². The van der Waals surface area contributed by atoms with Gasteiger partial charge in [0.05, 0.1) is 16.9 Å². The van der Waals surface area contributed by atoms with Crippen LogP contribution in [0, 0.1) is 0 Å². The maximum atomic E-state index is 2.33. The topological polar surface area (TPSA) is 0 Å². The summed E-state index contributed by atoms with van der Waals surface area (Å²) in [5, 5.41) is 0. The molecule has 0 aromatic heterocycles. The molecule has 4 aliphatic rings. The second-order valence-corrected chi connectivity index (χ2v) is 17.5. The number of allylic oxidation sites excluding steroid dienone is 4. The van der Waals surface area contributed by atoms with Crippen molar-refractivity contribution in [3.05, 3.63) is 62.2 Å². The van der Waals surface area contributed by atoms with Crippen molar-refractivity contribution in [1.29, 1.82) is 0 Å². The second kappa shape index (κ2) is 15.2. The van der Waals surface area contributed by atoms with Crippen molar-refractivity contribution in [2.75, 3.05) is 11.5 Å². The highest BCUT2D eigenvalue weighted by atomic mass is 32.2. The molecule has 0 N–H and O–H groups in total. The van der Waals surface area contributed by atoms with Gasteiger partial charge in [-0.25, -0.2) is 0 Å². The normalized spacial score (nSPS) is 26.2. The van der Waals surface area contributed by atoms with Gasteiger partial charge in [0, 0.05) is 9.81 Å². The fourth-order valence-electron chi connectivity index (χ4n) is 4.44. The highest BCUT2D eigenvalue weighted by Crippen LogP contribution is 2.57. The van der Waals surface area contributed by atoms with Crippen LogP contribution in [0.3, 0.4) is 0 Å². The molecular weight excluding hydrogens is 553 g/mol. The van der Waals surface area contributed by atoms with Gasteiger partial charge in [-0.1, -0.05) is 123 Å². The van der Waals surface area contributed by atoms with E-state index in [2.05, 4.69) is 75.5 Å². The molecule has 6 heteroatoms. The zero-order valence-corrected chi connectivity index (χ0v) is 27.1. The lowest BCUT2D eigenvalue weighted by molar-refractivity contribution is 0.564. The summed E-state index contributed by atoms with van der Waals surface area (Å²) in [6, 6.07) is 9.31. The van der Waals surface area contributed by atoms with Crippen LogP contribution >= 0.6 is 70.6 Å². The molecule has 0 radical (unpaired) electrons. The number of fused-ring (bicyclic) bond motifs is 15. The molecule has 0 fully saturated rings. The maximum absolute atomic E-state index is 2.33. The van der Waals surface area contributed by atoms with E-state index < -0.39 is 0 Å². The van der Waals surface area contributed by atoms with E-state index in [0.717, 1.165) is 0 Å². The van der Waals surface area contributed by atoms with Crippen molar-refractivity contribution >= 4 is 81.7 Å². The molecule has 0 amide bonds. The Morgan fingerprint density at radius 3 is 1.11 bits per heavy atom. The molecular formula is C30H40S6. The Bertz CT molecular complexity index is 945. The van der Waals surface area contributed by atoms with Gasteiger partial charge in [0.25, 0.3) is 0 Å². The smallest absolute Gasteiger partial charge is 0.0551 e. The first-order valence-electron chi connectivity index (χ1n) is 13.4. The molecule has 4 aliphatic heterocycles. The molecule has 0 aliphatic carbocycles. The van der Waals surface area contributed by atoms with Gasteiger partial charge in [0.2, 0.25) is 0 Å². The Kier molecular flexibility index (Phi) is 12.3. The fourth-order valence-corrected chi connectivity index (χ4v) is 12.8. The summed E-state index contributed by atoms with van der Waals surface area (Å²) in [6.07, 6.45) is 14.0. The minimum Gasteiger partial charge on any atom is -0.118 e. The lowest BCUT2D eigenvalue weighted by Gasteiger charge is -2.10. The van der Waals surface area contributed by atoms with Crippen LogP contribution in [-0.2, 0) is 0 Å². The lowest BCUT2D eigenvalue weighted by atomic mass is 10.0. The van der Waals surface area contributed by atoms with Crippen molar-refractivity contribution < 1.29 is 0 Å². The summed E-state index contributed by atoms with van der Waals surface area (Å²) < 4.78 is 5.98. The molecule has 196 valence electrons. The van der Waals surface area contributed by atoms with Crippen LogP contribution < -0.4 is 0 Å². The predicted molar refractivity (Wildman–Crippen MR) is 178 cm³/mol. The van der Waals surface area contributed by atoms with E-state index >= 15 is 0 Å². The molecule has 36 heavy (non-hydrogen) atoms. The third kappa shape index (κ3) is 8.39. The molecule has 0 atom stereocenters. The fraction of sp³-hybridized carbons (Fsp3) is 0.533. The Morgan fingerprint density at radius 1 is 0.417 bits per heavy atom. The Balaban J connectivity index is 1.45. The maximum Gasteiger partial charge on any atom is 0.0551 e. The molecule has 1 aromatic rings. The van der Waals surface area contributed by atoms with E-state index in [0.29, 0.717) is 0 Å². The van der Waals surface area contributed by atoms with Crippen LogP contribution in [0.2, 0.25) is 0 Å². The zero-order valence-electron chi connectivity index (χ0n) is 22.2. The average molecular weight is 593 g/mol. The van der Waals surface area contributed by atoms with Gasteiger partial charge < -0.3 is 0 Å². The summed E-state index contributed by atoms with van der Waals surface area (Å²) in [6.45, 7) is 9.20. The first-order chi connectivity index (χ1) is 17.5. The number of hydrogen-bond donors (Lipinski definition) is 0. The molecule has 6 bridgehead atoms. The van der Waals surface area contributed by atoms with Crippen LogP contribution in [-0.4, -0.2) is 11.5 Å². The van der Waals surface area contributed by atoms with E-state index in [1.54, 1.807) is 0 Å². The van der Waals surface area contributed by atoms with E-state index in [9.17, 15) is 0 Å². The monoisotopic (exact) mass is 592 g/mol. The summed E-state index contributed by atoms with van der Waals surface area (Å²) in [5.74, 6) is 2.53. The van der Waals surface area contributed by atoms with Crippen molar-refractivity contribution in [2.24, 2.45) is 0 Å². The van der Waals surface area contributed by atoms with Crippen LogP contribution in [0.1, 0.15) is 103 Å². The summed E-state index contributed by atoms with van der Waals surface area (Å²) in [7, 11) is 0. The van der Waals surface area contributed by atoms with Gasteiger partial charge in [-0.05, 0) is 74.3 Å². The van der Waals surface area contributed by atoms with E-state index in [1.165, 1.54) is 125 Å². The van der Waals surface area contributed by atoms with E-state index in [4.69, 9.17) is 0 Å². The molecule has 0 spiro atoms. The molecule has 1 aromatic carbocycles. The molecule has 0 unspecified atom stereocenters. The number of thioether (sulfide) groups is 6. The molecule has 0 saturated heterocycles. The third-order valence-electron chi connectivity index (χ3n) is 6.81. The molecule has 5 rings (SSSR count). The van der Waals surface area contributed by atoms with Gasteiger partial charge in [-0.2, -0.15) is 0 Å². The summed E-state index contributed by atoms with van der Waals surface area (Å²) in [4.78, 5) is 2.97. The largest absolute Gasteiger partial charge is 0.118 e. The van der Waals surface area contributed by atoms with Crippen LogP contribution in [0.4, 0.5) is 0 Å². The molecule has 4 heterocycles. The highest BCUT2D eigenvalue weighted by Gasteiger charge is 2.22. The quantitative estimate of drug-likeness (QED) is 0.292. The van der Waals surface area contributed by atoms with Crippen molar-refractivity contribution in [2.45, 2.75) is 91.9 Å². The number of hydrogen-bond acceptors (Lipinski definition) is 6. The standard InChI is InChI=1S/C30H40S6/c1-21-25-15-17-26(18-16-25)22(2)28-34-24(4)30(36-28)32-20-14-12-10-8-6-5-7-9-11-13-19-31-29-23(3)33-27(21)35-29/h15-18H,5-14,19-20H2,1-4H3/b27-21-,28-22-. The predicted octanol–water partition coefficient (Wildman–Crippen LogP) is 12.8. The lowest BCUT2D eigenvalue weighted by Crippen LogP contribution is -1.86. The Hall–Kier alpha value is 0.280. The van der Waals surface area contributed by atoms with E-state index in [-0.39, 0.29) is 0 Å². The first kappa shape index (κ1) is 29.3. The Morgan fingerprint density at radius 2 is 0.750 bits per heavy atom.